The highest BCUT2D eigenvalue weighted by molar-refractivity contribution is 14.0. The fourth-order valence-corrected chi connectivity index (χ4v) is 5.06. The van der Waals surface area contributed by atoms with Crippen molar-refractivity contribution < 1.29 is 13.2 Å². The Morgan fingerprint density at radius 2 is 1.84 bits per heavy atom. The molecule has 0 atom stereocenters. The van der Waals surface area contributed by atoms with Crippen LogP contribution in [0.5, 0.6) is 5.75 Å². The number of nitrogens with zero attached hydrogens (tertiary/aromatic N) is 2. The first-order valence-corrected chi connectivity index (χ1v) is 12.9. The third-order valence-electron chi connectivity index (χ3n) is 6.09. The number of piperidine rings is 1. The van der Waals surface area contributed by atoms with Gasteiger partial charge in [-0.1, -0.05) is 12.1 Å². The van der Waals surface area contributed by atoms with E-state index in [1.165, 1.54) is 24.7 Å². The number of aryl methyl sites for hydroxylation is 1. The number of sulfonamides is 1. The monoisotopic (exact) mass is 564 g/mol. The van der Waals surface area contributed by atoms with Gasteiger partial charge >= 0.3 is 0 Å². The standard InChI is InChI=1S/C22H36N4O3S.HI/c1-17-8-9-19(21(14-17)29-20-6-4-5-7-20)16-25-22(23-2)24-15-18-10-12-26(13-11-18)30(3,27)28;/h8-9,14,18,20H,4-7,10-13,15-16H2,1-3H3,(H2,23,24,25);1H. The second kappa shape index (κ2) is 12.2. The second-order valence-corrected chi connectivity index (χ2v) is 10.5. The fourth-order valence-electron chi connectivity index (χ4n) is 4.19. The molecule has 0 aromatic heterocycles. The van der Waals surface area contributed by atoms with E-state index in [0.29, 0.717) is 31.7 Å². The van der Waals surface area contributed by atoms with E-state index in [-0.39, 0.29) is 24.0 Å². The Kier molecular flexibility index (Phi) is 10.3. The molecule has 0 amide bonds. The number of benzene rings is 1. The zero-order chi connectivity index (χ0) is 21.6. The van der Waals surface area contributed by atoms with Gasteiger partial charge in [0.05, 0.1) is 12.4 Å². The summed E-state index contributed by atoms with van der Waals surface area (Å²) >= 11 is 0. The smallest absolute Gasteiger partial charge is 0.211 e. The Hall–Kier alpha value is -1.07. The third-order valence-corrected chi connectivity index (χ3v) is 7.39. The molecule has 31 heavy (non-hydrogen) atoms. The number of aliphatic imine (C=N–C) groups is 1. The average molecular weight is 565 g/mol. The second-order valence-electron chi connectivity index (χ2n) is 8.55. The molecule has 1 aliphatic carbocycles. The molecule has 1 aromatic carbocycles. The summed E-state index contributed by atoms with van der Waals surface area (Å²) in [7, 11) is -1.31. The quantitative estimate of drug-likeness (QED) is 0.302. The van der Waals surface area contributed by atoms with E-state index in [4.69, 9.17) is 4.74 Å². The summed E-state index contributed by atoms with van der Waals surface area (Å²) in [4.78, 5) is 4.34. The van der Waals surface area contributed by atoms with E-state index >= 15 is 0 Å². The van der Waals surface area contributed by atoms with Crippen LogP contribution in [0.3, 0.4) is 0 Å². The van der Waals surface area contributed by atoms with Crippen LogP contribution >= 0.6 is 24.0 Å². The molecule has 3 rings (SSSR count). The lowest BCUT2D eigenvalue weighted by Gasteiger charge is -2.30. The van der Waals surface area contributed by atoms with Crippen molar-refractivity contribution in [1.29, 1.82) is 0 Å². The maximum atomic E-state index is 11.7. The average Bonchev–Trinajstić information content (AvgIpc) is 3.22. The van der Waals surface area contributed by atoms with E-state index in [1.54, 1.807) is 11.4 Å². The van der Waals surface area contributed by atoms with Gasteiger partial charge in [0.15, 0.2) is 5.96 Å². The highest BCUT2D eigenvalue weighted by atomic mass is 127. The predicted molar refractivity (Wildman–Crippen MR) is 137 cm³/mol. The van der Waals surface area contributed by atoms with Crippen LogP contribution in [0.25, 0.3) is 0 Å². The maximum Gasteiger partial charge on any atom is 0.211 e. The lowest BCUT2D eigenvalue weighted by atomic mass is 9.98. The summed E-state index contributed by atoms with van der Waals surface area (Å²) in [6.45, 7) is 4.73. The summed E-state index contributed by atoms with van der Waals surface area (Å²) in [5.74, 6) is 2.17. The van der Waals surface area contributed by atoms with Crippen molar-refractivity contribution in [3.8, 4) is 5.75 Å². The Labute approximate surface area is 204 Å². The Morgan fingerprint density at radius 3 is 2.45 bits per heavy atom. The number of ether oxygens (including phenoxy) is 1. The van der Waals surface area contributed by atoms with Crippen LogP contribution in [-0.2, 0) is 16.6 Å². The van der Waals surface area contributed by atoms with Crippen molar-refractivity contribution in [1.82, 2.24) is 14.9 Å². The van der Waals surface area contributed by atoms with Gasteiger partial charge in [-0.15, -0.1) is 24.0 Å². The van der Waals surface area contributed by atoms with Crippen LogP contribution in [0, 0.1) is 12.8 Å². The molecule has 0 radical (unpaired) electrons. The minimum absolute atomic E-state index is 0. The van der Waals surface area contributed by atoms with Crippen LogP contribution < -0.4 is 15.4 Å². The van der Waals surface area contributed by atoms with Gasteiger partial charge < -0.3 is 15.4 Å². The molecule has 0 spiro atoms. The highest BCUT2D eigenvalue weighted by Gasteiger charge is 2.25. The van der Waals surface area contributed by atoms with Crippen molar-refractivity contribution >= 4 is 40.0 Å². The van der Waals surface area contributed by atoms with Crippen LogP contribution in [0.2, 0.25) is 0 Å². The predicted octanol–water partition coefficient (Wildman–Crippen LogP) is 3.27. The van der Waals surface area contributed by atoms with E-state index in [1.807, 2.05) is 0 Å². The molecule has 176 valence electrons. The SMILES string of the molecule is CN=C(NCc1ccc(C)cc1OC1CCCC1)NCC1CCN(S(C)(=O)=O)CC1.I. The van der Waals surface area contributed by atoms with Crippen LogP contribution in [0.15, 0.2) is 23.2 Å². The van der Waals surface area contributed by atoms with Gasteiger partial charge in [-0.3, -0.25) is 4.99 Å². The molecule has 1 aromatic rings. The van der Waals surface area contributed by atoms with Gasteiger partial charge in [-0.05, 0) is 63.0 Å². The molecular formula is C22H37IN4O3S. The first-order chi connectivity index (χ1) is 14.3. The van der Waals surface area contributed by atoms with Crippen molar-refractivity contribution in [2.45, 2.75) is 58.1 Å². The topological polar surface area (TPSA) is 83.0 Å². The number of nitrogens with one attached hydrogen (secondary N) is 2. The molecule has 0 bridgehead atoms. The first kappa shape index (κ1) is 26.2. The summed E-state index contributed by atoms with van der Waals surface area (Å²) in [6.07, 6.45) is 8.15. The van der Waals surface area contributed by atoms with Gasteiger partial charge in [-0.25, -0.2) is 12.7 Å². The van der Waals surface area contributed by atoms with Crippen LogP contribution in [0.4, 0.5) is 0 Å². The summed E-state index contributed by atoms with van der Waals surface area (Å²) in [5.41, 5.74) is 2.34. The zero-order valence-corrected chi connectivity index (χ0v) is 22.0. The molecule has 9 heteroatoms. The summed E-state index contributed by atoms with van der Waals surface area (Å²) in [5, 5.41) is 6.79. The van der Waals surface area contributed by atoms with Gasteiger partial charge in [0.25, 0.3) is 0 Å². The van der Waals surface area contributed by atoms with Gasteiger partial charge in [0.2, 0.25) is 10.0 Å². The van der Waals surface area contributed by atoms with E-state index in [2.05, 4.69) is 40.7 Å². The minimum atomic E-state index is -3.08. The molecule has 2 fully saturated rings. The van der Waals surface area contributed by atoms with Crippen molar-refractivity contribution in [3.63, 3.8) is 0 Å². The fraction of sp³-hybridized carbons (Fsp3) is 0.682. The highest BCUT2D eigenvalue weighted by Crippen LogP contribution is 2.27. The lowest BCUT2D eigenvalue weighted by Crippen LogP contribution is -2.43. The van der Waals surface area contributed by atoms with Crippen LogP contribution in [0.1, 0.15) is 49.7 Å². The maximum absolute atomic E-state index is 11.7. The van der Waals surface area contributed by atoms with Crippen LogP contribution in [-0.4, -0.2) is 57.7 Å². The number of hydrogen-bond donors (Lipinski definition) is 2. The van der Waals surface area contributed by atoms with E-state index in [9.17, 15) is 8.42 Å². The first-order valence-electron chi connectivity index (χ1n) is 11.0. The van der Waals surface area contributed by atoms with Gasteiger partial charge in [0.1, 0.15) is 5.75 Å². The number of rotatable bonds is 7. The molecule has 1 heterocycles. The van der Waals surface area contributed by atoms with E-state index < -0.39 is 10.0 Å². The van der Waals surface area contributed by atoms with Gasteiger partial charge in [-0.2, -0.15) is 0 Å². The molecule has 2 N–H and O–H groups in total. The third kappa shape index (κ3) is 8.09. The summed E-state index contributed by atoms with van der Waals surface area (Å²) < 4.78 is 31.2. The number of guanidine groups is 1. The van der Waals surface area contributed by atoms with Crippen molar-refractivity contribution in [2.75, 3.05) is 32.9 Å². The zero-order valence-electron chi connectivity index (χ0n) is 18.9. The van der Waals surface area contributed by atoms with Crippen molar-refractivity contribution in [3.05, 3.63) is 29.3 Å². The molecule has 1 saturated heterocycles. The minimum Gasteiger partial charge on any atom is -0.490 e. The Balaban J connectivity index is 0.00000341. The molecule has 7 nitrogen and oxygen atoms in total. The Bertz CT molecular complexity index is 833. The van der Waals surface area contributed by atoms with Crippen molar-refractivity contribution in [2.24, 2.45) is 10.9 Å². The molecule has 0 unspecified atom stereocenters. The molecule has 2 aliphatic rings. The molecule has 1 saturated carbocycles. The number of hydrogen-bond acceptors (Lipinski definition) is 4. The van der Waals surface area contributed by atoms with E-state index in [0.717, 1.165) is 49.5 Å². The molecular weight excluding hydrogens is 527 g/mol. The summed E-state index contributed by atoms with van der Waals surface area (Å²) in [6, 6.07) is 6.37. The number of halogens is 1. The lowest BCUT2D eigenvalue weighted by molar-refractivity contribution is 0.207. The van der Waals surface area contributed by atoms with Gasteiger partial charge in [0, 0.05) is 38.8 Å². The Morgan fingerprint density at radius 1 is 1.16 bits per heavy atom. The molecule has 1 aliphatic heterocycles. The largest absolute Gasteiger partial charge is 0.490 e. The normalized spacial score (nSPS) is 19.1.